The van der Waals surface area contributed by atoms with Gasteiger partial charge in [-0.15, -0.1) is 0 Å². The Hall–Kier alpha value is -0.870. The largest absolute Gasteiger partial charge is 0.383 e. The van der Waals surface area contributed by atoms with Crippen LogP contribution in [0.25, 0.3) is 0 Å². The first-order valence-corrected chi connectivity index (χ1v) is 6.68. The molecule has 1 aliphatic rings. The first-order chi connectivity index (χ1) is 8.48. The minimum Gasteiger partial charge on any atom is -0.383 e. The van der Waals surface area contributed by atoms with E-state index in [0.717, 1.165) is 19.7 Å². The van der Waals surface area contributed by atoms with Crippen LogP contribution in [0, 0.1) is 18.3 Å². The number of hydrogen-bond acceptors (Lipinski definition) is 3. The van der Waals surface area contributed by atoms with Crippen LogP contribution in [-0.2, 0) is 11.8 Å². The zero-order valence-electron chi connectivity index (χ0n) is 12.2. The molecule has 2 atom stereocenters. The highest BCUT2D eigenvalue weighted by molar-refractivity contribution is 5.33. The third-order valence-electron chi connectivity index (χ3n) is 4.28. The van der Waals surface area contributed by atoms with Crippen molar-refractivity contribution in [3.63, 3.8) is 0 Å². The number of methoxy groups -OCH3 is 1. The molecule has 0 saturated heterocycles. The molecule has 1 aromatic rings. The Bertz CT molecular complexity index is 411. The average molecular weight is 251 g/mol. The van der Waals surface area contributed by atoms with Crippen LogP contribution in [-0.4, -0.2) is 36.6 Å². The average Bonchev–Trinajstić information content (AvgIpc) is 2.64. The summed E-state index contributed by atoms with van der Waals surface area (Å²) in [5.41, 5.74) is 2.98. The Labute approximate surface area is 110 Å². The van der Waals surface area contributed by atoms with Crippen molar-refractivity contribution in [2.45, 2.75) is 26.7 Å². The molecule has 2 rings (SSSR count). The molecule has 0 spiro atoms. The van der Waals surface area contributed by atoms with Crippen molar-refractivity contribution in [1.29, 1.82) is 0 Å². The van der Waals surface area contributed by atoms with E-state index in [4.69, 9.17) is 4.74 Å². The molecule has 1 N–H and O–H groups in total. The Balaban J connectivity index is 1.96. The van der Waals surface area contributed by atoms with E-state index < -0.39 is 0 Å². The Morgan fingerprint density at radius 3 is 2.78 bits per heavy atom. The predicted octanol–water partition coefficient (Wildman–Crippen LogP) is 1.70. The lowest BCUT2D eigenvalue weighted by Crippen LogP contribution is -2.22. The van der Waals surface area contributed by atoms with Gasteiger partial charge in [0.25, 0.3) is 0 Å². The van der Waals surface area contributed by atoms with Crippen LogP contribution in [0.1, 0.15) is 31.0 Å². The van der Waals surface area contributed by atoms with Gasteiger partial charge in [-0.3, -0.25) is 4.68 Å². The van der Waals surface area contributed by atoms with Crippen molar-refractivity contribution in [2.75, 3.05) is 26.8 Å². The van der Waals surface area contributed by atoms with E-state index in [1.165, 1.54) is 11.3 Å². The van der Waals surface area contributed by atoms with Gasteiger partial charge in [0.15, 0.2) is 0 Å². The second kappa shape index (κ2) is 5.02. The molecule has 4 nitrogen and oxygen atoms in total. The van der Waals surface area contributed by atoms with E-state index in [1.54, 1.807) is 7.11 Å². The second-order valence-corrected chi connectivity index (χ2v) is 5.95. The molecule has 18 heavy (non-hydrogen) atoms. The van der Waals surface area contributed by atoms with Crippen LogP contribution in [0.4, 0.5) is 0 Å². The summed E-state index contributed by atoms with van der Waals surface area (Å²) >= 11 is 0. The van der Waals surface area contributed by atoms with Crippen molar-refractivity contribution in [3.8, 4) is 0 Å². The summed E-state index contributed by atoms with van der Waals surface area (Å²) < 4.78 is 6.98. The van der Waals surface area contributed by atoms with Crippen LogP contribution in [0.3, 0.4) is 0 Å². The quantitative estimate of drug-likeness (QED) is 0.782. The van der Waals surface area contributed by atoms with Gasteiger partial charge in [-0.2, -0.15) is 5.10 Å². The Kier molecular flexibility index (Phi) is 3.78. The number of hydrogen-bond donors (Lipinski definition) is 1. The molecule has 1 fully saturated rings. The fraction of sp³-hybridized carbons (Fsp3) is 0.786. The normalized spacial score (nSPS) is 25.4. The van der Waals surface area contributed by atoms with E-state index >= 15 is 0 Å². The molecule has 0 aromatic carbocycles. The van der Waals surface area contributed by atoms with Gasteiger partial charge in [0.1, 0.15) is 0 Å². The molecular formula is C14H25N3O. The molecule has 0 bridgehead atoms. The van der Waals surface area contributed by atoms with Gasteiger partial charge in [0.05, 0.1) is 12.3 Å². The topological polar surface area (TPSA) is 39.1 Å². The summed E-state index contributed by atoms with van der Waals surface area (Å²) in [6, 6.07) is 0. The molecule has 4 heteroatoms. The fourth-order valence-corrected chi connectivity index (χ4v) is 3.10. The third kappa shape index (κ3) is 2.45. The lowest BCUT2D eigenvalue weighted by molar-refractivity contribution is 0.198. The van der Waals surface area contributed by atoms with E-state index in [9.17, 15) is 0 Å². The monoisotopic (exact) mass is 251 g/mol. The number of aryl methyl sites for hydroxylation is 2. The minimum absolute atomic E-state index is 0.383. The fourth-order valence-electron chi connectivity index (χ4n) is 3.10. The summed E-state index contributed by atoms with van der Waals surface area (Å²) in [6.45, 7) is 9.60. The number of nitrogens with one attached hydrogen (secondary N) is 1. The van der Waals surface area contributed by atoms with Crippen molar-refractivity contribution >= 4 is 0 Å². The molecule has 0 radical (unpaired) electrons. The van der Waals surface area contributed by atoms with Gasteiger partial charge < -0.3 is 10.1 Å². The van der Waals surface area contributed by atoms with Gasteiger partial charge in [-0.05, 0) is 36.3 Å². The van der Waals surface area contributed by atoms with Crippen LogP contribution < -0.4 is 5.32 Å². The van der Waals surface area contributed by atoms with E-state index in [2.05, 4.69) is 37.4 Å². The number of rotatable bonds is 6. The highest BCUT2D eigenvalue weighted by Gasteiger charge is 2.58. The predicted molar refractivity (Wildman–Crippen MR) is 72.7 cm³/mol. The summed E-state index contributed by atoms with van der Waals surface area (Å²) in [4.78, 5) is 0. The summed E-state index contributed by atoms with van der Waals surface area (Å²) in [7, 11) is 3.74. The zero-order chi connectivity index (χ0) is 13.3. The second-order valence-electron chi connectivity index (χ2n) is 5.95. The third-order valence-corrected chi connectivity index (χ3v) is 4.28. The van der Waals surface area contributed by atoms with Crippen LogP contribution >= 0.6 is 0 Å². The van der Waals surface area contributed by atoms with Crippen LogP contribution in [0.5, 0.6) is 0 Å². The van der Waals surface area contributed by atoms with E-state index in [-0.39, 0.29) is 0 Å². The summed E-state index contributed by atoms with van der Waals surface area (Å²) in [6.07, 6.45) is 2.18. The van der Waals surface area contributed by atoms with Crippen LogP contribution in [0.2, 0.25) is 0 Å². The van der Waals surface area contributed by atoms with Crippen molar-refractivity contribution < 1.29 is 4.74 Å². The number of aromatic nitrogens is 2. The van der Waals surface area contributed by atoms with Gasteiger partial charge in [-0.25, -0.2) is 0 Å². The van der Waals surface area contributed by atoms with Gasteiger partial charge >= 0.3 is 0 Å². The smallest absolute Gasteiger partial charge is 0.0628 e. The standard InChI is InChI=1S/C14H25N3O/c1-10-11(9-17(4)16-10)13-12(14(13,2)3)8-15-6-7-18-5/h9,12-13,15H,6-8H2,1-5H3. The number of ether oxygens (including phenoxy) is 1. The maximum absolute atomic E-state index is 5.05. The highest BCUT2D eigenvalue weighted by atomic mass is 16.5. The van der Waals surface area contributed by atoms with Crippen molar-refractivity contribution in [2.24, 2.45) is 18.4 Å². The molecule has 1 aliphatic carbocycles. The van der Waals surface area contributed by atoms with Crippen molar-refractivity contribution in [3.05, 3.63) is 17.5 Å². The molecular weight excluding hydrogens is 226 g/mol. The lowest BCUT2D eigenvalue weighted by atomic mass is 10.0. The SMILES string of the molecule is COCCNCC1C(c2cn(C)nc2C)C1(C)C. The van der Waals surface area contributed by atoms with Gasteiger partial charge in [0, 0.05) is 26.9 Å². The van der Waals surface area contributed by atoms with Crippen LogP contribution in [0.15, 0.2) is 6.20 Å². The van der Waals surface area contributed by atoms with Gasteiger partial charge in [0.2, 0.25) is 0 Å². The lowest BCUT2D eigenvalue weighted by Gasteiger charge is -2.04. The number of nitrogens with zero attached hydrogens (tertiary/aromatic N) is 2. The summed E-state index contributed by atoms with van der Waals surface area (Å²) in [5.74, 6) is 1.35. The highest BCUT2D eigenvalue weighted by Crippen LogP contribution is 2.64. The van der Waals surface area contributed by atoms with E-state index in [1.807, 2.05) is 11.7 Å². The molecule has 102 valence electrons. The maximum Gasteiger partial charge on any atom is 0.0628 e. The Morgan fingerprint density at radius 2 is 2.22 bits per heavy atom. The molecule has 1 aromatic heterocycles. The Morgan fingerprint density at radius 1 is 1.50 bits per heavy atom. The zero-order valence-corrected chi connectivity index (χ0v) is 12.2. The first-order valence-electron chi connectivity index (χ1n) is 6.68. The van der Waals surface area contributed by atoms with E-state index in [0.29, 0.717) is 17.3 Å². The minimum atomic E-state index is 0.383. The summed E-state index contributed by atoms with van der Waals surface area (Å²) in [5, 5.41) is 7.94. The molecule has 0 amide bonds. The maximum atomic E-state index is 5.05. The first kappa shape index (κ1) is 13.6. The molecule has 1 saturated carbocycles. The van der Waals surface area contributed by atoms with Crippen molar-refractivity contribution in [1.82, 2.24) is 15.1 Å². The van der Waals surface area contributed by atoms with Gasteiger partial charge in [-0.1, -0.05) is 13.8 Å². The molecule has 1 heterocycles. The molecule has 2 unspecified atom stereocenters. The molecule has 0 aliphatic heterocycles.